The molecule has 1 aromatic heterocycles. The minimum Gasteiger partial charge on any atom is -0.366 e. The molecular weight excluding hydrogens is 483 g/mol. The third-order valence-electron chi connectivity index (χ3n) is 7.60. The number of benzene rings is 1. The maximum absolute atomic E-state index is 14.5. The van der Waals surface area contributed by atoms with Gasteiger partial charge in [0.25, 0.3) is 0 Å². The summed E-state index contributed by atoms with van der Waals surface area (Å²) in [6, 6.07) is 10.7. The van der Waals surface area contributed by atoms with E-state index >= 15 is 0 Å². The molecule has 9 heteroatoms. The first-order valence-electron chi connectivity index (χ1n) is 13.3. The first-order chi connectivity index (χ1) is 18.4. The van der Waals surface area contributed by atoms with Crippen molar-refractivity contribution in [3.8, 4) is 6.07 Å². The van der Waals surface area contributed by atoms with Crippen LogP contribution >= 0.6 is 0 Å². The Kier molecular flexibility index (Phi) is 7.43. The molecule has 1 aromatic carbocycles. The molecule has 198 valence electrons. The van der Waals surface area contributed by atoms with Crippen LogP contribution < -0.4 is 15.5 Å². The summed E-state index contributed by atoms with van der Waals surface area (Å²) >= 11 is 0. The van der Waals surface area contributed by atoms with Crippen LogP contribution in [-0.4, -0.2) is 36.5 Å². The van der Waals surface area contributed by atoms with Gasteiger partial charge in [-0.05, 0) is 86.8 Å². The monoisotopic (exact) mass is 516 g/mol. The van der Waals surface area contributed by atoms with Crippen LogP contribution in [0.4, 0.5) is 15.9 Å². The highest BCUT2D eigenvalue weighted by Crippen LogP contribution is 2.52. The number of aromatic nitrogens is 1. The minimum absolute atomic E-state index is 0.0972. The van der Waals surface area contributed by atoms with E-state index in [0.717, 1.165) is 37.8 Å². The summed E-state index contributed by atoms with van der Waals surface area (Å²) in [4.78, 5) is 19.5. The molecule has 1 aliphatic carbocycles. The van der Waals surface area contributed by atoms with Crippen LogP contribution in [0, 0.1) is 40.8 Å². The number of allylic oxidation sites excluding steroid dienone is 1. The van der Waals surface area contributed by atoms with E-state index in [1.165, 1.54) is 18.3 Å². The van der Waals surface area contributed by atoms with Gasteiger partial charge in [-0.2, -0.15) is 5.26 Å². The number of pyridine rings is 1. The maximum atomic E-state index is 14.5. The Hall–Kier alpha value is -3.77. The van der Waals surface area contributed by atoms with E-state index in [0.29, 0.717) is 54.3 Å². The molecule has 2 saturated heterocycles. The van der Waals surface area contributed by atoms with Crippen molar-refractivity contribution in [2.45, 2.75) is 58.2 Å². The lowest BCUT2D eigenvalue weighted by atomic mass is 9.83. The molecule has 0 bridgehead atoms. The largest absolute Gasteiger partial charge is 0.366 e. The number of aryl methyl sites for hydroxylation is 1. The fourth-order valence-corrected chi connectivity index (χ4v) is 5.41. The zero-order chi connectivity index (χ0) is 26.7. The van der Waals surface area contributed by atoms with Gasteiger partial charge < -0.3 is 25.7 Å². The number of hydrogen-bond acceptors (Lipinski definition) is 7. The van der Waals surface area contributed by atoms with Gasteiger partial charge >= 0.3 is 0 Å². The molecule has 0 radical (unpaired) electrons. The van der Waals surface area contributed by atoms with Crippen molar-refractivity contribution in [3.63, 3.8) is 0 Å². The van der Waals surface area contributed by atoms with Gasteiger partial charge in [0.15, 0.2) is 0 Å². The summed E-state index contributed by atoms with van der Waals surface area (Å²) < 4.78 is 20.2. The molecule has 3 N–H and O–H groups in total. The maximum Gasteiger partial charge on any atom is 0.247 e. The summed E-state index contributed by atoms with van der Waals surface area (Å²) in [6.07, 6.45) is 8.26. The highest BCUT2D eigenvalue weighted by Gasteiger charge is 2.56. The van der Waals surface area contributed by atoms with Gasteiger partial charge in [0.05, 0.1) is 6.07 Å². The molecule has 3 fully saturated rings. The molecule has 2 aliphatic heterocycles. The zero-order valence-corrected chi connectivity index (χ0v) is 21.6. The molecule has 8 nitrogen and oxygen atoms in total. The van der Waals surface area contributed by atoms with Gasteiger partial charge in [0, 0.05) is 55.1 Å². The van der Waals surface area contributed by atoms with Crippen molar-refractivity contribution >= 4 is 29.2 Å². The van der Waals surface area contributed by atoms with Gasteiger partial charge in [0.1, 0.15) is 23.3 Å². The fourth-order valence-electron chi connectivity index (χ4n) is 5.41. The van der Waals surface area contributed by atoms with Gasteiger partial charge in [0.2, 0.25) is 5.91 Å². The predicted molar refractivity (Wildman–Crippen MR) is 144 cm³/mol. The first-order valence-corrected chi connectivity index (χ1v) is 13.3. The van der Waals surface area contributed by atoms with Crippen LogP contribution in [0.2, 0.25) is 0 Å². The van der Waals surface area contributed by atoms with E-state index in [1.54, 1.807) is 11.1 Å². The molecular formula is C29H33FN6O2. The van der Waals surface area contributed by atoms with E-state index in [-0.39, 0.29) is 18.1 Å². The molecule has 2 unspecified atom stereocenters. The Morgan fingerprint density at radius 2 is 2.13 bits per heavy atom. The predicted octanol–water partition coefficient (Wildman–Crippen LogP) is 4.90. The van der Waals surface area contributed by atoms with Gasteiger partial charge in [-0.1, -0.05) is 0 Å². The van der Waals surface area contributed by atoms with Gasteiger partial charge in [-0.15, -0.1) is 0 Å². The molecule has 1 saturated carbocycles. The smallest absolute Gasteiger partial charge is 0.247 e. The second kappa shape index (κ2) is 10.9. The van der Waals surface area contributed by atoms with Gasteiger partial charge in [-0.25, -0.2) is 9.37 Å². The summed E-state index contributed by atoms with van der Waals surface area (Å²) in [5.74, 6) is 0.220. The van der Waals surface area contributed by atoms with Crippen LogP contribution in [0.5, 0.6) is 0 Å². The SMILES string of the molecule is Cc1cc(N2CCC(C#N)(C3CC3)C2=O)cc(NCc2cc(F)cc(/C(C=N)=C/NC3CCCCO3)c2)n1. The van der Waals surface area contributed by atoms with Crippen LogP contribution in [0.3, 0.4) is 0 Å². The lowest BCUT2D eigenvalue weighted by molar-refractivity contribution is -0.123. The Labute approximate surface area is 222 Å². The van der Waals surface area contributed by atoms with E-state index in [2.05, 4.69) is 21.7 Å². The molecule has 38 heavy (non-hydrogen) atoms. The third-order valence-corrected chi connectivity index (χ3v) is 7.60. The molecule has 3 heterocycles. The number of nitrogens with one attached hydrogen (secondary N) is 3. The molecule has 0 spiro atoms. The lowest BCUT2D eigenvalue weighted by Gasteiger charge is -2.23. The van der Waals surface area contributed by atoms with Crippen LogP contribution in [0.15, 0.2) is 36.5 Å². The Bertz CT molecular complexity index is 1290. The number of amides is 1. The first kappa shape index (κ1) is 25.9. The second-order valence-electron chi connectivity index (χ2n) is 10.4. The Morgan fingerprint density at radius 1 is 1.29 bits per heavy atom. The molecule has 2 aromatic rings. The number of nitriles is 1. The number of nitrogens with zero attached hydrogens (tertiary/aromatic N) is 3. The molecule has 3 aliphatic rings. The number of halogens is 1. The van der Waals surface area contributed by atoms with Crippen LogP contribution in [0.25, 0.3) is 5.57 Å². The third kappa shape index (κ3) is 5.41. The normalized spacial score (nSPS) is 23.7. The summed E-state index contributed by atoms with van der Waals surface area (Å²) in [5.41, 5.74) is 2.40. The summed E-state index contributed by atoms with van der Waals surface area (Å²) in [7, 11) is 0. The van der Waals surface area contributed by atoms with Crippen molar-refractivity contribution in [1.29, 1.82) is 10.7 Å². The fraction of sp³-hybridized carbons (Fsp3) is 0.448. The number of carbonyl (C=O) groups is 1. The van der Waals surface area contributed by atoms with Crippen molar-refractivity contribution in [3.05, 3.63) is 59.2 Å². The average molecular weight is 517 g/mol. The van der Waals surface area contributed by atoms with Crippen LogP contribution in [-0.2, 0) is 16.1 Å². The highest BCUT2D eigenvalue weighted by atomic mass is 19.1. The van der Waals surface area contributed by atoms with E-state index in [4.69, 9.17) is 10.1 Å². The minimum atomic E-state index is -0.902. The standard InChI is InChI=1S/C29H33FN6O2/c1-19-10-25(36-8-7-29(18-32,28(36)37)23-5-6-23)14-26(35-19)33-16-20-11-21(13-24(30)12-20)22(15-31)17-34-27-4-2-3-9-38-27/h10-15,17,23,27,31,34H,2-9,16H2,1H3,(H,33,35)/b22-17+,31-15?. The Morgan fingerprint density at radius 3 is 2.84 bits per heavy atom. The lowest BCUT2D eigenvalue weighted by Crippen LogP contribution is -2.35. The summed E-state index contributed by atoms with van der Waals surface area (Å²) in [6.45, 7) is 3.39. The number of rotatable bonds is 9. The average Bonchev–Trinajstić information content (AvgIpc) is 3.71. The number of carbonyl (C=O) groups excluding carboxylic acids is 1. The molecule has 2 atom stereocenters. The number of hydrogen-bond donors (Lipinski definition) is 3. The summed E-state index contributed by atoms with van der Waals surface area (Å²) in [5, 5.41) is 24.1. The van der Waals surface area contributed by atoms with Crippen molar-refractivity contribution in [2.24, 2.45) is 11.3 Å². The second-order valence-corrected chi connectivity index (χ2v) is 10.4. The quantitative estimate of drug-likeness (QED) is 0.408. The van der Waals surface area contributed by atoms with E-state index in [9.17, 15) is 14.4 Å². The number of ether oxygens (including phenoxy) is 1. The van der Waals surface area contributed by atoms with Crippen molar-refractivity contribution in [2.75, 3.05) is 23.4 Å². The molecule has 1 amide bonds. The van der Waals surface area contributed by atoms with Crippen molar-refractivity contribution in [1.82, 2.24) is 10.3 Å². The van der Waals surface area contributed by atoms with Gasteiger partial charge in [-0.3, -0.25) is 4.79 Å². The van der Waals surface area contributed by atoms with E-state index in [1.807, 2.05) is 25.1 Å². The number of anilines is 2. The zero-order valence-electron chi connectivity index (χ0n) is 21.6. The highest BCUT2D eigenvalue weighted by molar-refractivity contribution is 6.08. The van der Waals surface area contributed by atoms with E-state index < -0.39 is 11.2 Å². The van der Waals surface area contributed by atoms with Crippen molar-refractivity contribution < 1.29 is 13.9 Å². The topological polar surface area (TPSA) is 114 Å². The van der Waals surface area contributed by atoms with Crippen LogP contribution in [0.1, 0.15) is 55.3 Å². The Balaban J connectivity index is 1.30. The molecule has 5 rings (SSSR count).